The zero-order chi connectivity index (χ0) is 21.0. The topological polar surface area (TPSA) is 67.0 Å². The average molecular weight is 412 g/mol. The van der Waals surface area contributed by atoms with Crippen LogP contribution in [0.2, 0.25) is 0 Å². The number of aryl methyl sites for hydroxylation is 2. The Labute approximate surface area is 181 Å². The van der Waals surface area contributed by atoms with Crippen LogP contribution in [-0.4, -0.2) is 15.9 Å². The summed E-state index contributed by atoms with van der Waals surface area (Å²) in [6.45, 7) is 0.854. The van der Waals surface area contributed by atoms with Gasteiger partial charge in [0.05, 0.1) is 16.8 Å². The highest BCUT2D eigenvalue weighted by Crippen LogP contribution is 2.30. The summed E-state index contributed by atoms with van der Waals surface area (Å²) in [5.41, 5.74) is 6.20. The average Bonchev–Trinajstić information content (AvgIpc) is 3.21. The number of nitrogens with one attached hydrogen (secondary N) is 2. The van der Waals surface area contributed by atoms with Gasteiger partial charge >= 0.3 is 0 Å². The molecule has 1 aliphatic carbocycles. The Morgan fingerprint density at radius 1 is 1.03 bits per heavy atom. The second-order valence-corrected chi connectivity index (χ2v) is 7.96. The molecule has 2 heterocycles. The number of amides is 1. The van der Waals surface area contributed by atoms with E-state index in [2.05, 4.69) is 21.4 Å². The van der Waals surface area contributed by atoms with Crippen molar-refractivity contribution in [2.75, 3.05) is 0 Å². The number of hydrogen-bond donors (Lipinski definition) is 2. The molecule has 0 saturated heterocycles. The molecule has 0 radical (unpaired) electrons. The number of hydrogen-bond acceptors (Lipinski definition) is 3. The number of ether oxygens (including phenoxy) is 1. The van der Waals surface area contributed by atoms with Crippen molar-refractivity contribution in [3.05, 3.63) is 94.9 Å². The molecule has 0 aliphatic heterocycles. The van der Waals surface area contributed by atoms with Crippen LogP contribution in [0.3, 0.4) is 0 Å². The maximum Gasteiger partial charge on any atom is 0.253 e. The van der Waals surface area contributed by atoms with Gasteiger partial charge in [-0.3, -0.25) is 9.78 Å². The Balaban J connectivity index is 1.27. The van der Waals surface area contributed by atoms with Crippen LogP contribution in [0.5, 0.6) is 5.75 Å². The van der Waals surface area contributed by atoms with Gasteiger partial charge in [0.2, 0.25) is 0 Å². The van der Waals surface area contributed by atoms with E-state index in [9.17, 15) is 4.79 Å². The second kappa shape index (κ2) is 8.64. The van der Waals surface area contributed by atoms with Crippen molar-refractivity contribution < 1.29 is 9.53 Å². The first-order valence-corrected chi connectivity index (χ1v) is 10.8. The van der Waals surface area contributed by atoms with E-state index < -0.39 is 0 Å². The van der Waals surface area contributed by atoms with E-state index >= 15 is 0 Å². The van der Waals surface area contributed by atoms with Crippen LogP contribution in [-0.2, 0) is 26.0 Å². The molecule has 5 rings (SSSR count). The monoisotopic (exact) mass is 411 g/mol. The Kier molecular flexibility index (Phi) is 5.40. The number of pyridine rings is 1. The summed E-state index contributed by atoms with van der Waals surface area (Å²) < 4.78 is 5.85. The highest BCUT2D eigenvalue weighted by Gasteiger charge is 2.19. The van der Waals surface area contributed by atoms with Gasteiger partial charge in [-0.1, -0.05) is 30.3 Å². The zero-order valence-corrected chi connectivity index (χ0v) is 17.4. The molecule has 0 spiro atoms. The van der Waals surface area contributed by atoms with Crippen LogP contribution in [0.4, 0.5) is 0 Å². The fraction of sp³-hybridized carbons (Fsp3) is 0.231. The van der Waals surface area contributed by atoms with E-state index in [-0.39, 0.29) is 5.91 Å². The van der Waals surface area contributed by atoms with E-state index in [1.165, 1.54) is 29.5 Å². The van der Waals surface area contributed by atoms with Crippen LogP contribution in [0, 0.1) is 0 Å². The SMILES string of the molecule is O=C(NCc1cccc(OCc2ccccn2)c1)c1cccc2c3c([nH]c12)CCCC3. The highest BCUT2D eigenvalue weighted by molar-refractivity contribution is 6.06. The summed E-state index contributed by atoms with van der Waals surface area (Å²) in [7, 11) is 0. The summed E-state index contributed by atoms with van der Waals surface area (Å²) in [4.78, 5) is 20.8. The van der Waals surface area contributed by atoms with Crippen LogP contribution in [0.1, 0.15) is 45.7 Å². The molecule has 0 atom stereocenters. The van der Waals surface area contributed by atoms with Crippen LogP contribution >= 0.6 is 0 Å². The standard InChI is InChI=1S/C26H25N3O2/c30-26(23-12-6-11-22-21-10-1-2-13-24(21)29-25(22)23)28-16-18-7-5-9-20(15-18)31-17-19-8-3-4-14-27-19/h3-9,11-12,14-15,29H,1-2,10,13,16-17H2,(H,28,30). The van der Waals surface area contributed by atoms with E-state index in [1.807, 2.05) is 54.6 Å². The van der Waals surface area contributed by atoms with Gasteiger partial charge in [-0.25, -0.2) is 0 Å². The smallest absolute Gasteiger partial charge is 0.253 e. The van der Waals surface area contributed by atoms with Gasteiger partial charge in [0, 0.05) is 23.8 Å². The second-order valence-electron chi connectivity index (χ2n) is 7.96. The van der Waals surface area contributed by atoms with Crippen molar-refractivity contribution in [3.63, 3.8) is 0 Å². The van der Waals surface area contributed by atoms with Gasteiger partial charge in [0.1, 0.15) is 12.4 Å². The van der Waals surface area contributed by atoms with Gasteiger partial charge in [0.15, 0.2) is 0 Å². The summed E-state index contributed by atoms with van der Waals surface area (Å²) in [5, 5.41) is 4.25. The summed E-state index contributed by atoms with van der Waals surface area (Å²) >= 11 is 0. The fourth-order valence-electron chi connectivity index (χ4n) is 4.28. The van der Waals surface area contributed by atoms with Crippen molar-refractivity contribution in [1.82, 2.24) is 15.3 Å². The lowest BCUT2D eigenvalue weighted by atomic mass is 9.95. The third kappa shape index (κ3) is 4.17. The number of fused-ring (bicyclic) bond motifs is 3. The molecule has 1 amide bonds. The molecule has 0 saturated carbocycles. The van der Waals surface area contributed by atoms with E-state index in [1.54, 1.807) is 6.20 Å². The van der Waals surface area contributed by atoms with Gasteiger partial charge < -0.3 is 15.0 Å². The van der Waals surface area contributed by atoms with Crippen LogP contribution in [0.25, 0.3) is 10.9 Å². The van der Waals surface area contributed by atoms with Crippen LogP contribution < -0.4 is 10.1 Å². The predicted molar refractivity (Wildman–Crippen MR) is 121 cm³/mol. The number of benzene rings is 2. The first-order valence-electron chi connectivity index (χ1n) is 10.8. The molecule has 31 heavy (non-hydrogen) atoms. The molecule has 2 aromatic heterocycles. The fourth-order valence-corrected chi connectivity index (χ4v) is 4.28. The number of aromatic nitrogens is 2. The largest absolute Gasteiger partial charge is 0.487 e. The zero-order valence-electron chi connectivity index (χ0n) is 17.4. The van der Waals surface area contributed by atoms with Crippen molar-refractivity contribution in [2.45, 2.75) is 38.8 Å². The molecular weight excluding hydrogens is 386 g/mol. The Bertz CT molecular complexity index is 1210. The van der Waals surface area contributed by atoms with Crippen molar-refractivity contribution in [3.8, 4) is 5.75 Å². The Hall–Kier alpha value is -3.60. The van der Waals surface area contributed by atoms with Crippen LogP contribution in [0.15, 0.2) is 66.9 Å². The van der Waals surface area contributed by atoms with E-state index in [4.69, 9.17) is 4.74 Å². The lowest BCUT2D eigenvalue weighted by Gasteiger charge is -2.10. The molecule has 4 aromatic rings. The predicted octanol–water partition coefficient (Wildman–Crippen LogP) is 4.95. The van der Waals surface area contributed by atoms with E-state index in [0.29, 0.717) is 18.7 Å². The van der Waals surface area contributed by atoms with Gasteiger partial charge in [0.25, 0.3) is 5.91 Å². The number of nitrogens with zero attached hydrogens (tertiary/aromatic N) is 1. The molecular formula is C26H25N3O2. The number of para-hydroxylation sites is 1. The van der Waals surface area contributed by atoms with E-state index in [0.717, 1.165) is 35.4 Å². The molecule has 2 N–H and O–H groups in total. The maximum absolute atomic E-state index is 13.0. The molecule has 1 aliphatic rings. The lowest BCUT2D eigenvalue weighted by Crippen LogP contribution is -2.23. The molecule has 156 valence electrons. The molecule has 0 unspecified atom stereocenters. The number of carbonyl (C=O) groups excluding carboxylic acids is 1. The molecule has 0 bridgehead atoms. The minimum absolute atomic E-state index is 0.0657. The molecule has 5 nitrogen and oxygen atoms in total. The highest BCUT2D eigenvalue weighted by atomic mass is 16.5. The molecule has 5 heteroatoms. The summed E-state index contributed by atoms with van der Waals surface area (Å²) in [5.74, 6) is 0.695. The van der Waals surface area contributed by atoms with Gasteiger partial charge in [-0.2, -0.15) is 0 Å². The number of carbonyl (C=O) groups is 1. The Morgan fingerprint density at radius 2 is 1.94 bits per heavy atom. The Morgan fingerprint density at radius 3 is 2.84 bits per heavy atom. The first kappa shape index (κ1) is 19.4. The first-order chi connectivity index (χ1) is 15.3. The van der Waals surface area contributed by atoms with Gasteiger partial charge in [-0.05, 0) is 67.1 Å². The summed E-state index contributed by atoms with van der Waals surface area (Å²) in [6.07, 6.45) is 6.34. The summed E-state index contributed by atoms with van der Waals surface area (Å²) in [6, 6.07) is 19.6. The third-order valence-corrected chi connectivity index (χ3v) is 5.84. The normalized spacial score (nSPS) is 13.0. The van der Waals surface area contributed by atoms with Crippen molar-refractivity contribution in [1.29, 1.82) is 0 Å². The molecule has 2 aromatic carbocycles. The van der Waals surface area contributed by atoms with Gasteiger partial charge in [-0.15, -0.1) is 0 Å². The number of rotatable bonds is 6. The third-order valence-electron chi connectivity index (χ3n) is 5.84. The maximum atomic E-state index is 13.0. The quantitative estimate of drug-likeness (QED) is 0.472. The molecule has 0 fully saturated rings. The minimum atomic E-state index is -0.0657. The lowest BCUT2D eigenvalue weighted by molar-refractivity contribution is 0.0952. The van der Waals surface area contributed by atoms with Crippen molar-refractivity contribution in [2.24, 2.45) is 0 Å². The number of H-pyrrole nitrogens is 1. The van der Waals surface area contributed by atoms with Crippen molar-refractivity contribution >= 4 is 16.8 Å². The number of aromatic amines is 1. The minimum Gasteiger partial charge on any atom is -0.487 e.